The normalized spacial score (nSPS) is 12.2. The van der Waals surface area contributed by atoms with Crippen molar-refractivity contribution in [2.24, 2.45) is 0 Å². The van der Waals surface area contributed by atoms with E-state index in [9.17, 15) is 0 Å². The maximum absolute atomic E-state index is 5.92. The lowest BCUT2D eigenvalue weighted by Crippen LogP contribution is -2.31. The quantitative estimate of drug-likeness (QED) is 0.655. The van der Waals surface area contributed by atoms with Gasteiger partial charge < -0.3 is 9.72 Å². The van der Waals surface area contributed by atoms with Crippen LogP contribution in [0.3, 0.4) is 0 Å². The first-order valence-corrected chi connectivity index (χ1v) is 8.58. The maximum atomic E-state index is 5.92. The molecule has 0 fully saturated rings. The van der Waals surface area contributed by atoms with Gasteiger partial charge in [-0.2, -0.15) is 0 Å². The van der Waals surface area contributed by atoms with Gasteiger partial charge in [0.05, 0.1) is 6.54 Å². The van der Waals surface area contributed by atoms with Crippen molar-refractivity contribution >= 4 is 10.9 Å². The number of nitrogens with zero attached hydrogens (tertiary/aromatic N) is 1. The molecule has 0 saturated carbocycles. The summed E-state index contributed by atoms with van der Waals surface area (Å²) in [5, 5.41) is 1.17. The van der Waals surface area contributed by atoms with E-state index in [0.29, 0.717) is 19.2 Å². The molecule has 1 atom stereocenters. The summed E-state index contributed by atoms with van der Waals surface area (Å²) in [6.07, 6.45) is 6.33. The lowest BCUT2D eigenvalue weighted by Gasteiger charge is -2.21. The van der Waals surface area contributed by atoms with Gasteiger partial charge >= 0.3 is 0 Å². The van der Waals surface area contributed by atoms with Crippen molar-refractivity contribution in [1.29, 1.82) is 0 Å². The van der Waals surface area contributed by atoms with E-state index < -0.39 is 0 Å². The third-order valence-corrected chi connectivity index (χ3v) is 4.50. The van der Waals surface area contributed by atoms with Gasteiger partial charge in [0.2, 0.25) is 0 Å². The number of fused-ring (bicyclic) bond motifs is 1. The Balaban J connectivity index is 1.68. The standard InChI is InChI=1S/C22H24N2O/c1-4-12-24(3)17(2)13-20-14-19-15-21(10-11-22(19)23-20)25-16-18-8-6-5-7-9-18/h1,5-11,14-15,17,23H,12-13,16H2,2-3H3. The molecule has 3 aromatic rings. The highest BCUT2D eigenvalue weighted by molar-refractivity contribution is 5.81. The van der Waals surface area contributed by atoms with Gasteiger partial charge in [0.15, 0.2) is 0 Å². The van der Waals surface area contributed by atoms with Gasteiger partial charge in [-0.3, -0.25) is 4.90 Å². The molecular formula is C22H24N2O. The number of ether oxygens (including phenoxy) is 1. The summed E-state index contributed by atoms with van der Waals surface area (Å²) >= 11 is 0. The highest BCUT2D eigenvalue weighted by Crippen LogP contribution is 2.23. The molecule has 128 valence electrons. The van der Waals surface area contributed by atoms with Crippen LogP contribution in [0.4, 0.5) is 0 Å². The summed E-state index contributed by atoms with van der Waals surface area (Å²) in [5.41, 5.74) is 3.52. The first-order chi connectivity index (χ1) is 12.2. The third kappa shape index (κ3) is 4.43. The van der Waals surface area contributed by atoms with Crippen LogP contribution in [0.5, 0.6) is 5.75 Å². The van der Waals surface area contributed by atoms with Crippen LogP contribution < -0.4 is 4.74 Å². The molecule has 0 saturated heterocycles. The van der Waals surface area contributed by atoms with Gasteiger partial charge in [-0.1, -0.05) is 36.3 Å². The lowest BCUT2D eigenvalue weighted by atomic mass is 10.1. The fraction of sp³-hybridized carbons (Fsp3) is 0.273. The summed E-state index contributed by atoms with van der Waals surface area (Å²) < 4.78 is 5.92. The number of aromatic amines is 1. The first kappa shape index (κ1) is 17.1. The molecule has 0 radical (unpaired) electrons. The Labute approximate surface area is 149 Å². The minimum absolute atomic E-state index is 0.387. The van der Waals surface area contributed by atoms with Gasteiger partial charge in [0, 0.05) is 29.1 Å². The van der Waals surface area contributed by atoms with Crippen LogP contribution in [0.2, 0.25) is 0 Å². The highest BCUT2D eigenvalue weighted by Gasteiger charge is 2.11. The van der Waals surface area contributed by atoms with Crippen LogP contribution in [0.1, 0.15) is 18.2 Å². The molecule has 1 N–H and O–H groups in total. The smallest absolute Gasteiger partial charge is 0.120 e. The Morgan fingerprint density at radius 1 is 1.16 bits per heavy atom. The van der Waals surface area contributed by atoms with Crippen molar-refractivity contribution in [2.45, 2.75) is 26.0 Å². The van der Waals surface area contributed by atoms with Gasteiger partial charge in [-0.05, 0) is 43.8 Å². The van der Waals surface area contributed by atoms with Crippen molar-refractivity contribution in [3.05, 3.63) is 65.9 Å². The molecule has 3 rings (SSSR count). The minimum Gasteiger partial charge on any atom is -0.489 e. The molecule has 0 spiro atoms. The van der Waals surface area contributed by atoms with Crippen LogP contribution in [-0.2, 0) is 13.0 Å². The van der Waals surface area contributed by atoms with E-state index in [0.717, 1.165) is 17.7 Å². The van der Waals surface area contributed by atoms with Crippen molar-refractivity contribution in [1.82, 2.24) is 9.88 Å². The summed E-state index contributed by atoms with van der Waals surface area (Å²) in [6.45, 7) is 3.44. The number of rotatable bonds is 7. The lowest BCUT2D eigenvalue weighted by molar-refractivity contribution is 0.286. The van der Waals surface area contributed by atoms with Crippen molar-refractivity contribution in [3.63, 3.8) is 0 Å². The molecule has 1 heterocycles. The first-order valence-electron chi connectivity index (χ1n) is 8.58. The Morgan fingerprint density at radius 3 is 2.72 bits per heavy atom. The summed E-state index contributed by atoms with van der Waals surface area (Å²) in [7, 11) is 2.06. The van der Waals surface area contributed by atoms with Gasteiger partial charge in [-0.25, -0.2) is 0 Å². The topological polar surface area (TPSA) is 28.3 Å². The number of H-pyrrole nitrogens is 1. The highest BCUT2D eigenvalue weighted by atomic mass is 16.5. The zero-order valence-corrected chi connectivity index (χ0v) is 14.8. The Hall–Kier alpha value is -2.70. The van der Waals surface area contributed by atoms with E-state index in [2.05, 4.69) is 60.1 Å². The molecule has 3 nitrogen and oxygen atoms in total. The number of hydrogen-bond acceptors (Lipinski definition) is 2. The number of benzene rings is 2. The van der Waals surface area contributed by atoms with Crippen molar-refractivity contribution < 1.29 is 4.74 Å². The van der Waals surface area contributed by atoms with Crippen molar-refractivity contribution in [2.75, 3.05) is 13.6 Å². The molecule has 0 aliphatic carbocycles. The molecule has 25 heavy (non-hydrogen) atoms. The van der Waals surface area contributed by atoms with Crippen molar-refractivity contribution in [3.8, 4) is 18.1 Å². The molecule has 1 unspecified atom stereocenters. The van der Waals surface area contributed by atoms with Crippen LogP contribution in [0, 0.1) is 12.3 Å². The zero-order valence-electron chi connectivity index (χ0n) is 14.8. The molecular weight excluding hydrogens is 308 g/mol. The van der Waals surface area contributed by atoms with Crippen LogP contribution in [-0.4, -0.2) is 29.5 Å². The van der Waals surface area contributed by atoms with E-state index in [1.54, 1.807) is 0 Å². The molecule has 0 aliphatic rings. The predicted molar refractivity (Wildman–Crippen MR) is 104 cm³/mol. The van der Waals surface area contributed by atoms with Crippen LogP contribution in [0.25, 0.3) is 10.9 Å². The van der Waals surface area contributed by atoms with E-state index in [1.165, 1.54) is 16.6 Å². The monoisotopic (exact) mass is 332 g/mol. The second kappa shape index (κ2) is 7.92. The van der Waals surface area contributed by atoms with Crippen LogP contribution >= 0.6 is 0 Å². The van der Waals surface area contributed by atoms with E-state index in [-0.39, 0.29) is 0 Å². The maximum Gasteiger partial charge on any atom is 0.120 e. The summed E-state index contributed by atoms with van der Waals surface area (Å²) in [6, 6.07) is 19.0. The molecule has 0 aliphatic heterocycles. The second-order valence-electron chi connectivity index (χ2n) is 6.49. The fourth-order valence-electron chi connectivity index (χ4n) is 2.89. The average molecular weight is 332 g/mol. The van der Waals surface area contributed by atoms with Crippen LogP contribution in [0.15, 0.2) is 54.6 Å². The Bertz CT molecular complexity index is 861. The largest absolute Gasteiger partial charge is 0.489 e. The molecule has 3 heteroatoms. The minimum atomic E-state index is 0.387. The second-order valence-corrected chi connectivity index (χ2v) is 6.49. The molecule has 1 aromatic heterocycles. The SMILES string of the molecule is C#CCN(C)C(C)Cc1cc2cc(OCc3ccccc3)ccc2[nH]1. The number of nitrogens with one attached hydrogen (secondary N) is 1. The average Bonchev–Trinajstić information content (AvgIpc) is 3.02. The molecule has 2 aromatic carbocycles. The molecule has 0 bridgehead atoms. The van der Waals surface area contributed by atoms with E-state index in [1.807, 2.05) is 24.3 Å². The zero-order chi connectivity index (χ0) is 17.6. The fourth-order valence-corrected chi connectivity index (χ4v) is 2.89. The summed E-state index contributed by atoms with van der Waals surface area (Å²) in [5.74, 6) is 3.58. The van der Waals surface area contributed by atoms with E-state index >= 15 is 0 Å². The predicted octanol–water partition coefficient (Wildman–Crippen LogP) is 4.24. The third-order valence-electron chi connectivity index (χ3n) is 4.50. The molecule has 0 amide bonds. The van der Waals surface area contributed by atoms with Gasteiger partial charge in [0.25, 0.3) is 0 Å². The number of terminal acetylenes is 1. The Kier molecular flexibility index (Phi) is 5.42. The summed E-state index contributed by atoms with van der Waals surface area (Å²) in [4.78, 5) is 5.67. The number of aromatic nitrogens is 1. The number of hydrogen-bond donors (Lipinski definition) is 1. The van der Waals surface area contributed by atoms with Gasteiger partial charge in [-0.15, -0.1) is 6.42 Å². The van der Waals surface area contributed by atoms with Gasteiger partial charge in [0.1, 0.15) is 12.4 Å². The van der Waals surface area contributed by atoms with E-state index in [4.69, 9.17) is 11.2 Å². The Morgan fingerprint density at radius 2 is 1.96 bits per heavy atom. The number of likely N-dealkylation sites (N-methyl/N-ethyl adjacent to an activating group) is 1.